The first kappa shape index (κ1) is 51.5. The molecule has 0 aromatic heterocycles. The van der Waals surface area contributed by atoms with Crippen molar-refractivity contribution in [1.29, 1.82) is 0 Å². The maximum absolute atomic E-state index is 12.9. The number of hydrogen-bond acceptors (Lipinski definition) is 2. The van der Waals surface area contributed by atoms with Crippen LogP contribution in [0.5, 0.6) is 0 Å². The van der Waals surface area contributed by atoms with Gasteiger partial charge >= 0.3 is 5.97 Å². The molecule has 0 aliphatic carbocycles. The zero-order chi connectivity index (χ0) is 39.1. The standard InChI is InChI=1S/C50H100O2/c1-13-42(6)24-14-15-35-50(51)52-49(38-36-47(11)33-20-31-45(9)29-18-27-43(7)25-16-22-40(2)3)39-37-48(12)34-21-32-46(10)30-19-28-44(8)26-17-23-41(4)5/h40-49H,13-39H2,1-12H3. The maximum Gasteiger partial charge on any atom is 0.306 e. The van der Waals surface area contributed by atoms with Gasteiger partial charge in [-0.2, -0.15) is 0 Å². The van der Waals surface area contributed by atoms with Crippen molar-refractivity contribution in [2.75, 3.05) is 0 Å². The summed E-state index contributed by atoms with van der Waals surface area (Å²) in [6.45, 7) is 28.7. The van der Waals surface area contributed by atoms with Gasteiger partial charge in [-0.15, -0.1) is 0 Å². The number of hydrogen-bond donors (Lipinski definition) is 0. The van der Waals surface area contributed by atoms with Crippen molar-refractivity contribution in [1.82, 2.24) is 0 Å². The van der Waals surface area contributed by atoms with Gasteiger partial charge in [0.1, 0.15) is 6.10 Å². The molecule has 0 aliphatic rings. The maximum atomic E-state index is 12.9. The first-order valence-electron chi connectivity index (χ1n) is 23.9. The van der Waals surface area contributed by atoms with Crippen LogP contribution in [0, 0.1) is 53.3 Å². The largest absolute Gasteiger partial charge is 0.462 e. The van der Waals surface area contributed by atoms with Gasteiger partial charge in [0, 0.05) is 6.42 Å². The predicted octanol–water partition coefficient (Wildman–Crippen LogP) is 17.2. The van der Waals surface area contributed by atoms with Crippen LogP contribution in [0.25, 0.3) is 0 Å². The van der Waals surface area contributed by atoms with Crippen molar-refractivity contribution in [2.24, 2.45) is 53.3 Å². The molecule has 7 unspecified atom stereocenters. The molecule has 312 valence electrons. The van der Waals surface area contributed by atoms with Crippen molar-refractivity contribution in [3.63, 3.8) is 0 Å². The van der Waals surface area contributed by atoms with Gasteiger partial charge in [-0.05, 0) is 85.4 Å². The number of esters is 1. The Balaban J connectivity index is 4.55. The predicted molar refractivity (Wildman–Crippen MR) is 234 cm³/mol. The first-order chi connectivity index (χ1) is 24.7. The molecule has 0 amide bonds. The monoisotopic (exact) mass is 733 g/mol. The normalized spacial score (nSPS) is 16.8. The van der Waals surface area contributed by atoms with E-state index in [4.69, 9.17) is 4.74 Å². The summed E-state index contributed by atoms with van der Waals surface area (Å²) < 4.78 is 6.23. The highest BCUT2D eigenvalue weighted by Crippen LogP contribution is 2.27. The summed E-state index contributed by atoms with van der Waals surface area (Å²) in [5, 5.41) is 0. The minimum atomic E-state index is 0.0561. The minimum Gasteiger partial charge on any atom is -0.462 e. The lowest BCUT2D eigenvalue weighted by molar-refractivity contribution is -0.150. The van der Waals surface area contributed by atoms with Crippen LogP contribution in [0.4, 0.5) is 0 Å². The quantitative estimate of drug-likeness (QED) is 0.0469. The Bertz CT molecular complexity index is 724. The minimum absolute atomic E-state index is 0.0561. The summed E-state index contributed by atoms with van der Waals surface area (Å²) >= 11 is 0. The van der Waals surface area contributed by atoms with Gasteiger partial charge in [0.25, 0.3) is 0 Å². The van der Waals surface area contributed by atoms with Gasteiger partial charge < -0.3 is 4.74 Å². The van der Waals surface area contributed by atoms with Crippen LogP contribution >= 0.6 is 0 Å². The Morgan fingerprint density at radius 3 is 0.942 bits per heavy atom. The molecule has 0 aliphatic heterocycles. The second kappa shape index (κ2) is 33.8. The van der Waals surface area contributed by atoms with Crippen LogP contribution in [0.2, 0.25) is 0 Å². The van der Waals surface area contributed by atoms with Gasteiger partial charge in [-0.25, -0.2) is 0 Å². The fourth-order valence-corrected chi connectivity index (χ4v) is 8.29. The summed E-state index contributed by atoms with van der Waals surface area (Å²) in [6, 6.07) is 0. The molecular formula is C50H100O2. The molecule has 0 rings (SSSR count). The molecule has 0 fully saturated rings. The number of unbranched alkanes of at least 4 members (excludes halogenated alkanes) is 1. The average Bonchev–Trinajstić information content (AvgIpc) is 3.07. The first-order valence-corrected chi connectivity index (χ1v) is 23.9. The molecule has 0 saturated carbocycles. The van der Waals surface area contributed by atoms with Crippen molar-refractivity contribution in [3.8, 4) is 0 Å². The van der Waals surface area contributed by atoms with Crippen LogP contribution in [0.1, 0.15) is 256 Å². The fraction of sp³-hybridized carbons (Fsp3) is 0.980. The van der Waals surface area contributed by atoms with Crippen molar-refractivity contribution in [2.45, 2.75) is 263 Å². The van der Waals surface area contributed by atoms with Gasteiger partial charge in [-0.3, -0.25) is 4.79 Å². The molecular weight excluding hydrogens is 633 g/mol. The molecule has 0 N–H and O–H groups in total. The molecule has 52 heavy (non-hydrogen) atoms. The van der Waals surface area contributed by atoms with Crippen LogP contribution in [-0.2, 0) is 9.53 Å². The third kappa shape index (κ3) is 34.0. The molecule has 0 aromatic rings. The lowest BCUT2D eigenvalue weighted by Crippen LogP contribution is -2.20. The molecule has 0 aromatic carbocycles. The summed E-state index contributed by atoms with van der Waals surface area (Å²) in [6.07, 6.45) is 34.7. The Hall–Kier alpha value is -0.530. The smallest absolute Gasteiger partial charge is 0.306 e. The SMILES string of the molecule is CCC(C)CCCCC(=O)OC(CCC(C)CCCC(C)CCCC(C)CCCC(C)C)CCC(C)CCCC(C)CCCC(C)CCCC(C)C. The van der Waals surface area contributed by atoms with E-state index in [2.05, 4.69) is 83.1 Å². The summed E-state index contributed by atoms with van der Waals surface area (Å²) in [4.78, 5) is 12.9. The molecule has 0 bridgehead atoms. The van der Waals surface area contributed by atoms with Crippen molar-refractivity contribution in [3.05, 3.63) is 0 Å². The van der Waals surface area contributed by atoms with Gasteiger partial charge in [0.2, 0.25) is 0 Å². The Labute approximate surface area is 330 Å². The van der Waals surface area contributed by atoms with Crippen molar-refractivity contribution < 1.29 is 9.53 Å². The molecule has 0 saturated heterocycles. The van der Waals surface area contributed by atoms with E-state index in [0.29, 0.717) is 18.3 Å². The number of carbonyl (C=O) groups is 1. The fourth-order valence-electron chi connectivity index (χ4n) is 8.29. The second-order valence-electron chi connectivity index (χ2n) is 20.0. The lowest BCUT2D eigenvalue weighted by atomic mass is 9.89. The third-order valence-corrected chi connectivity index (χ3v) is 12.8. The lowest BCUT2D eigenvalue weighted by Gasteiger charge is -2.22. The number of rotatable bonds is 37. The third-order valence-electron chi connectivity index (χ3n) is 12.8. The molecule has 2 nitrogen and oxygen atoms in total. The topological polar surface area (TPSA) is 26.3 Å². The van der Waals surface area contributed by atoms with E-state index in [1.165, 1.54) is 141 Å². The van der Waals surface area contributed by atoms with Crippen LogP contribution in [0.3, 0.4) is 0 Å². The van der Waals surface area contributed by atoms with E-state index in [-0.39, 0.29) is 12.1 Å². The van der Waals surface area contributed by atoms with Crippen LogP contribution in [-0.4, -0.2) is 12.1 Å². The van der Waals surface area contributed by atoms with Gasteiger partial charge in [-0.1, -0.05) is 218 Å². The van der Waals surface area contributed by atoms with Crippen LogP contribution < -0.4 is 0 Å². The highest BCUT2D eigenvalue weighted by atomic mass is 16.5. The van der Waals surface area contributed by atoms with Crippen LogP contribution in [0.15, 0.2) is 0 Å². The number of ether oxygens (including phenoxy) is 1. The van der Waals surface area contributed by atoms with E-state index in [0.717, 1.165) is 67.1 Å². The zero-order valence-electron chi connectivity index (χ0n) is 38.2. The molecule has 2 heteroatoms. The van der Waals surface area contributed by atoms with E-state index in [1.807, 2.05) is 0 Å². The summed E-state index contributed by atoms with van der Waals surface area (Å²) in [7, 11) is 0. The molecule has 7 atom stereocenters. The Kier molecular flexibility index (Phi) is 33.4. The van der Waals surface area contributed by atoms with Gasteiger partial charge in [0.15, 0.2) is 0 Å². The highest BCUT2D eigenvalue weighted by Gasteiger charge is 2.18. The summed E-state index contributed by atoms with van der Waals surface area (Å²) in [5.41, 5.74) is 0. The average molecular weight is 733 g/mol. The highest BCUT2D eigenvalue weighted by molar-refractivity contribution is 5.69. The Morgan fingerprint density at radius 2 is 0.635 bits per heavy atom. The van der Waals surface area contributed by atoms with Gasteiger partial charge in [0.05, 0.1) is 0 Å². The van der Waals surface area contributed by atoms with Crippen molar-refractivity contribution >= 4 is 5.97 Å². The van der Waals surface area contributed by atoms with E-state index < -0.39 is 0 Å². The van der Waals surface area contributed by atoms with E-state index in [9.17, 15) is 4.79 Å². The molecule has 0 radical (unpaired) electrons. The number of carbonyl (C=O) groups excluding carboxylic acids is 1. The van der Waals surface area contributed by atoms with E-state index in [1.54, 1.807) is 0 Å². The molecule has 0 spiro atoms. The second-order valence-corrected chi connectivity index (χ2v) is 20.0. The van der Waals surface area contributed by atoms with E-state index >= 15 is 0 Å². The zero-order valence-corrected chi connectivity index (χ0v) is 38.2. The molecule has 0 heterocycles. The Morgan fingerprint density at radius 1 is 0.346 bits per heavy atom. The summed E-state index contributed by atoms with van der Waals surface area (Å²) in [5.74, 6) is 7.42.